The van der Waals surface area contributed by atoms with E-state index in [4.69, 9.17) is 4.74 Å². The van der Waals surface area contributed by atoms with Gasteiger partial charge in [0.1, 0.15) is 5.69 Å². The zero-order valence-corrected chi connectivity index (χ0v) is 11.5. The van der Waals surface area contributed by atoms with Crippen LogP contribution in [-0.2, 0) is 4.74 Å². The maximum absolute atomic E-state index is 11.4. The van der Waals surface area contributed by atoms with Crippen molar-refractivity contribution in [1.82, 2.24) is 4.98 Å². The van der Waals surface area contributed by atoms with Crippen LogP contribution in [-0.4, -0.2) is 29.7 Å². The van der Waals surface area contributed by atoms with Crippen molar-refractivity contribution in [2.24, 2.45) is 0 Å². The maximum Gasteiger partial charge on any atom is 0.301 e. The Balaban J connectivity index is 2.47. The molecular weight excluding hydrogens is 258 g/mol. The van der Waals surface area contributed by atoms with E-state index in [0.717, 1.165) is 6.42 Å². The van der Waals surface area contributed by atoms with Crippen LogP contribution in [0, 0.1) is 10.1 Å². The molecule has 20 heavy (non-hydrogen) atoms. The molecule has 0 fully saturated rings. The molecule has 0 aliphatic carbocycles. The van der Waals surface area contributed by atoms with Gasteiger partial charge in [-0.25, -0.2) is 0 Å². The summed E-state index contributed by atoms with van der Waals surface area (Å²) in [5, 5.41) is 15.1. The number of fused-ring (bicyclic) bond motifs is 1. The standard InChI is InChI=1S/C14H17N3O3/c1-3-10(9-20-2)16-13-7-6-12-11(5-4-8-15-12)14(13)17(18)19/h4-8,10,16H,3,9H2,1-2H3. The number of benzene rings is 1. The minimum absolute atomic E-state index is 0.0350. The summed E-state index contributed by atoms with van der Waals surface area (Å²) in [6, 6.07) is 6.93. The summed E-state index contributed by atoms with van der Waals surface area (Å²) >= 11 is 0. The van der Waals surface area contributed by atoms with Crippen LogP contribution in [0.4, 0.5) is 11.4 Å². The van der Waals surface area contributed by atoms with Crippen LogP contribution in [0.15, 0.2) is 30.5 Å². The molecular formula is C14H17N3O3. The molecule has 1 aromatic carbocycles. The van der Waals surface area contributed by atoms with Crippen molar-refractivity contribution in [2.75, 3.05) is 19.0 Å². The molecule has 1 atom stereocenters. The molecule has 0 spiro atoms. The van der Waals surface area contributed by atoms with Gasteiger partial charge in [-0.2, -0.15) is 0 Å². The van der Waals surface area contributed by atoms with Crippen molar-refractivity contribution in [3.05, 3.63) is 40.6 Å². The van der Waals surface area contributed by atoms with Crippen molar-refractivity contribution >= 4 is 22.3 Å². The van der Waals surface area contributed by atoms with E-state index >= 15 is 0 Å². The Morgan fingerprint density at radius 3 is 2.90 bits per heavy atom. The Labute approximate surface area is 116 Å². The quantitative estimate of drug-likeness (QED) is 0.647. The summed E-state index contributed by atoms with van der Waals surface area (Å²) in [7, 11) is 1.61. The highest BCUT2D eigenvalue weighted by Gasteiger charge is 2.20. The monoisotopic (exact) mass is 275 g/mol. The molecule has 0 saturated carbocycles. The molecule has 1 aromatic heterocycles. The lowest BCUT2D eigenvalue weighted by Crippen LogP contribution is -2.24. The fourth-order valence-corrected chi connectivity index (χ4v) is 2.13. The minimum Gasteiger partial charge on any atom is -0.383 e. The third kappa shape index (κ3) is 2.85. The molecule has 106 valence electrons. The summed E-state index contributed by atoms with van der Waals surface area (Å²) in [6.07, 6.45) is 2.44. The van der Waals surface area contributed by atoms with Crippen LogP contribution >= 0.6 is 0 Å². The zero-order chi connectivity index (χ0) is 14.5. The summed E-state index contributed by atoms with van der Waals surface area (Å²) in [5.74, 6) is 0. The molecule has 2 aromatic rings. The number of aromatic nitrogens is 1. The lowest BCUT2D eigenvalue weighted by Gasteiger charge is -2.17. The molecule has 0 radical (unpaired) electrons. The first kappa shape index (κ1) is 14.2. The number of hydrogen-bond donors (Lipinski definition) is 1. The van der Waals surface area contributed by atoms with Gasteiger partial charge >= 0.3 is 5.69 Å². The molecule has 1 heterocycles. The Bertz CT molecular complexity index is 616. The van der Waals surface area contributed by atoms with E-state index in [1.807, 2.05) is 6.92 Å². The van der Waals surface area contributed by atoms with Crippen LogP contribution < -0.4 is 5.32 Å². The van der Waals surface area contributed by atoms with Crippen LogP contribution in [0.5, 0.6) is 0 Å². The third-order valence-electron chi connectivity index (χ3n) is 3.16. The van der Waals surface area contributed by atoms with E-state index in [1.54, 1.807) is 37.6 Å². The Morgan fingerprint density at radius 2 is 2.25 bits per heavy atom. The molecule has 1 unspecified atom stereocenters. The number of methoxy groups -OCH3 is 1. The fraction of sp³-hybridized carbons (Fsp3) is 0.357. The smallest absolute Gasteiger partial charge is 0.301 e. The molecule has 0 aliphatic heterocycles. The van der Waals surface area contributed by atoms with Gasteiger partial charge in [0.15, 0.2) is 0 Å². The average molecular weight is 275 g/mol. The van der Waals surface area contributed by atoms with Gasteiger partial charge in [0, 0.05) is 19.3 Å². The molecule has 0 bridgehead atoms. The summed E-state index contributed by atoms with van der Waals surface area (Å²) < 4.78 is 5.11. The Morgan fingerprint density at radius 1 is 1.45 bits per heavy atom. The first-order valence-electron chi connectivity index (χ1n) is 6.45. The number of nitrogens with one attached hydrogen (secondary N) is 1. The number of pyridine rings is 1. The molecule has 0 amide bonds. The van der Waals surface area contributed by atoms with Gasteiger partial charge in [0.25, 0.3) is 0 Å². The maximum atomic E-state index is 11.4. The summed E-state index contributed by atoms with van der Waals surface area (Å²) in [5.41, 5.74) is 1.18. The van der Waals surface area contributed by atoms with Crippen LogP contribution in [0.25, 0.3) is 10.9 Å². The fourth-order valence-electron chi connectivity index (χ4n) is 2.13. The molecule has 2 rings (SSSR count). The van der Waals surface area contributed by atoms with Gasteiger partial charge < -0.3 is 10.1 Å². The minimum atomic E-state index is -0.369. The Hall–Kier alpha value is -2.21. The van der Waals surface area contributed by atoms with Crippen molar-refractivity contribution in [3.8, 4) is 0 Å². The second-order valence-electron chi connectivity index (χ2n) is 4.49. The predicted molar refractivity (Wildman–Crippen MR) is 78.0 cm³/mol. The van der Waals surface area contributed by atoms with Gasteiger partial charge in [-0.05, 0) is 30.7 Å². The number of ether oxygens (including phenoxy) is 1. The number of rotatable bonds is 6. The van der Waals surface area contributed by atoms with Crippen LogP contribution in [0.1, 0.15) is 13.3 Å². The lowest BCUT2D eigenvalue weighted by molar-refractivity contribution is -0.382. The SMILES string of the molecule is CCC(COC)Nc1ccc2ncccc2c1[N+](=O)[O-]. The number of hydrogen-bond acceptors (Lipinski definition) is 5. The molecule has 1 N–H and O–H groups in total. The number of nitrogens with zero attached hydrogens (tertiary/aromatic N) is 2. The van der Waals surface area contributed by atoms with Crippen molar-refractivity contribution < 1.29 is 9.66 Å². The van der Waals surface area contributed by atoms with Crippen molar-refractivity contribution in [2.45, 2.75) is 19.4 Å². The summed E-state index contributed by atoms with van der Waals surface area (Å²) in [4.78, 5) is 15.1. The van der Waals surface area contributed by atoms with Gasteiger partial charge in [0.05, 0.1) is 22.4 Å². The molecule has 6 heteroatoms. The first-order valence-corrected chi connectivity index (χ1v) is 6.45. The topological polar surface area (TPSA) is 77.3 Å². The number of anilines is 1. The van der Waals surface area contributed by atoms with E-state index in [2.05, 4.69) is 10.3 Å². The van der Waals surface area contributed by atoms with Gasteiger partial charge in [-0.3, -0.25) is 15.1 Å². The Kier molecular flexibility index (Phi) is 4.47. The van der Waals surface area contributed by atoms with Gasteiger partial charge in [-0.1, -0.05) is 6.92 Å². The second kappa shape index (κ2) is 6.29. The molecule has 0 aliphatic rings. The van der Waals surface area contributed by atoms with Crippen LogP contribution in [0.3, 0.4) is 0 Å². The normalized spacial score (nSPS) is 12.3. The highest BCUT2D eigenvalue weighted by atomic mass is 16.6. The van der Waals surface area contributed by atoms with E-state index < -0.39 is 0 Å². The number of nitro benzene ring substituents is 1. The first-order chi connectivity index (χ1) is 9.67. The van der Waals surface area contributed by atoms with Crippen LogP contribution in [0.2, 0.25) is 0 Å². The zero-order valence-electron chi connectivity index (χ0n) is 11.5. The third-order valence-corrected chi connectivity index (χ3v) is 3.16. The lowest BCUT2D eigenvalue weighted by atomic mass is 10.1. The average Bonchev–Trinajstić information content (AvgIpc) is 2.46. The van der Waals surface area contributed by atoms with Crippen molar-refractivity contribution in [1.29, 1.82) is 0 Å². The molecule has 6 nitrogen and oxygen atoms in total. The molecule has 0 saturated heterocycles. The van der Waals surface area contributed by atoms with Gasteiger partial charge in [0.2, 0.25) is 0 Å². The highest BCUT2D eigenvalue weighted by molar-refractivity contribution is 5.94. The second-order valence-corrected chi connectivity index (χ2v) is 4.49. The van der Waals surface area contributed by atoms with E-state index in [9.17, 15) is 10.1 Å². The van der Waals surface area contributed by atoms with E-state index in [1.165, 1.54) is 0 Å². The number of nitro groups is 1. The van der Waals surface area contributed by atoms with E-state index in [-0.39, 0.29) is 16.7 Å². The predicted octanol–water partition coefficient (Wildman–Crippen LogP) is 2.98. The van der Waals surface area contributed by atoms with Gasteiger partial charge in [-0.15, -0.1) is 0 Å². The summed E-state index contributed by atoms with van der Waals surface area (Å²) in [6.45, 7) is 2.50. The van der Waals surface area contributed by atoms with E-state index in [0.29, 0.717) is 23.2 Å². The largest absolute Gasteiger partial charge is 0.383 e. The van der Waals surface area contributed by atoms with Crippen molar-refractivity contribution in [3.63, 3.8) is 0 Å². The highest BCUT2D eigenvalue weighted by Crippen LogP contribution is 2.33.